The molecule has 0 saturated carbocycles. The van der Waals surface area contributed by atoms with Gasteiger partial charge in [-0.2, -0.15) is 0 Å². The van der Waals surface area contributed by atoms with Crippen molar-refractivity contribution in [1.29, 1.82) is 0 Å². The molecule has 0 amide bonds. The molecule has 0 aliphatic carbocycles. The van der Waals surface area contributed by atoms with Crippen LogP contribution < -0.4 is 40.9 Å². The minimum Gasteiger partial charge on any atom is -0.543 e. The third-order valence-electron chi connectivity index (χ3n) is 0.667. The van der Waals surface area contributed by atoms with Gasteiger partial charge in [-0.3, -0.25) is 0 Å². The first-order valence-electron chi connectivity index (χ1n) is 6.46. The van der Waals surface area contributed by atoms with Gasteiger partial charge >= 0.3 is 110 Å². The first kappa shape index (κ1) is 90.1. The second kappa shape index (κ2) is 64.1. The number of hydrogen-bond acceptors (Lipinski definition) is 28. The van der Waals surface area contributed by atoms with E-state index >= 15 is 0 Å². The van der Waals surface area contributed by atoms with Crippen molar-refractivity contribution in [2.45, 2.75) is 0 Å². The minimum atomic E-state index is -2.19. The van der Waals surface area contributed by atoms with Crippen molar-refractivity contribution >= 4 is 47.8 Å². The van der Waals surface area contributed by atoms with Crippen LogP contribution in [0.25, 0.3) is 0 Å². The largest absolute Gasteiger partial charge is 2.00 e. The van der Waals surface area contributed by atoms with Gasteiger partial charge in [0.1, 0.15) is 0 Å². The second-order valence-corrected chi connectivity index (χ2v) is 3.19. The summed E-state index contributed by atoms with van der Waals surface area (Å²) in [7, 11) is 0. The zero-order chi connectivity index (χ0) is 34.9. The maximum atomic E-state index is 8.93. The van der Waals surface area contributed by atoms with Gasteiger partial charge in [-0.25, -0.2) is 0 Å². The molecule has 0 spiro atoms. The average Bonchev–Trinajstić information content (AvgIpc) is 2.67. The summed E-state index contributed by atoms with van der Waals surface area (Å²) in [4.78, 5) is 104. The summed E-state index contributed by atoms with van der Waals surface area (Å²) in [5.74, 6) is -17.5. The van der Waals surface area contributed by atoms with Crippen LogP contribution in [0.5, 0.6) is 0 Å². The van der Waals surface area contributed by atoms with Crippen molar-refractivity contribution in [2.24, 2.45) is 0 Å². The van der Waals surface area contributed by atoms with Gasteiger partial charge in [0.2, 0.25) is 0 Å². The van der Waals surface area contributed by atoms with Crippen LogP contribution in [-0.4, -0.2) is 68.1 Å². The molecule has 0 aromatic rings. The Kier molecular flexibility index (Phi) is 125. The summed E-state index contributed by atoms with van der Waals surface area (Å²) in [5, 5.41) is 130. The van der Waals surface area contributed by atoms with Crippen LogP contribution in [0.3, 0.4) is 0 Å². The fourth-order valence-electron chi connectivity index (χ4n) is 0. The van der Waals surface area contributed by atoms with Crippen LogP contribution in [0.1, 0.15) is 0 Å². The van der Waals surface area contributed by atoms with Gasteiger partial charge < -0.3 is 140 Å². The van der Waals surface area contributed by atoms with Crippen LogP contribution in [-0.2, 0) is 148 Å². The number of carbonyl (C=O) groups excluding carboxylic acids is 8. The fraction of sp³-hybridized carbons (Fsp3) is 0. The van der Waals surface area contributed by atoms with E-state index in [0.717, 1.165) is 0 Å². The molecule has 0 rings (SSSR count). The van der Waals surface area contributed by atoms with E-state index < -0.39 is 68.1 Å². The van der Waals surface area contributed by atoms with E-state index in [1.807, 2.05) is 0 Å². The van der Waals surface area contributed by atoms with Gasteiger partial charge in [0.25, 0.3) is 0 Å². The number of aliphatic carboxylic acids is 8. The third-order valence-corrected chi connectivity index (χ3v) is 0.667. The Labute approximate surface area is 316 Å². The standard InChI is InChI=1S/4C2H2O4.3Fe.4NO3.3Zn/c4*3-1(4)2(5)6;;;;4*2-1(3)4;;;/h4*(H,3,4)(H,5,6);;;;;;;;;;/q;;;;3*+2;4*-1;3*+2/p-8. The molecular formula is C8Fe3N4O28Zn3. The molecule has 0 unspecified atom stereocenters. The molecule has 0 aliphatic rings. The Hall–Kier alpha value is -4.01. The molecular weight excluding hydrogens is 964 g/mol. The van der Waals surface area contributed by atoms with E-state index in [9.17, 15) is 0 Å². The maximum Gasteiger partial charge on any atom is 2.00 e. The third kappa shape index (κ3) is 423. The zero-order valence-electron chi connectivity index (χ0n) is 20.4. The molecule has 0 fully saturated rings. The molecule has 32 nitrogen and oxygen atoms in total. The van der Waals surface area contributed by atoms with Crippen LogP contribution >= 0.6 is 0 Å². The summed E-state index contributed by atoms with van der Waals surface area (Å²) < 4.78 is 0. The molecule has 0 saturated heterocycles. The van der Waals surface area contributed by atoms with Gasteiger partial charge in [0.05, 0.1) is 68.1 Å². The first-order chi connectivity index (χ1) is 17.5. The molecule has 46 heavy (non-hydrogen) atoms. The Balaban J connectivity index is -0.0000000210. The predicted octanol–water partition coefficient (Wildman–Crippen LogP) is -15.0. The van der Waals surface area contributed by atoms with Gasteiger partial charge in [0.15, 0.2) is 0 Å². The zero-order valence-corrected chi connectivity index (χ0v) is 32.6. The van der Waals surface area contributed by atoms with Crippen molar-refractivity contribution in [1.82, 2.24) is 0 Å². The number of rotatable bonds is 0. The summed E-state index contributed by atoms with van der Waals surface area (Å²) in [6.45, 7) is 0. The number of hydrogen-bond donors (Lipinski definition) is 0. The predicted molar refractivity (Wildman–Crippen MR) is 81.5 cm³/mol. The van der Waals surface area contributed by atoms with Gasteiger partial charge in [-0.05, 0) is 0 Å². The SMILES string of the molecule is O=C([O-])C(=O)[O-].O=C([O-])C(=O)[O-].O=C([O-])C(=O)[O-].O=C([O-])C(=O)[O-].O=[N+]([O-])[O-].O=[N+]([O-])[O-].O=[N+]([O-])[O-].O=[N+]([O-])[O-].[Fe+2].[Fe+2].[Fe+2].[Zn+2].[Zn+2].[Zn+2]. The fourth-order valence-corrected chi connectivity index (χ4v) is 0. The van der Waals surface area contributed by atoms with E-state index in [1.165, 1.54) is 0 Å². The maximum absolute atomic E-state index is 8.93. The summed E-state index contributed by atoms with van der Waals surface area (Å²) >= 11 is 0. The molecule has 0 N–H and O–H groups in total. The van der Waals surface area contributed by atoms with Gasteiger partial charge in [-0.15, -0.1) is 0 Å². The normalized spacial score (nSPS) is 5.91. The van der Waals surface area contributed by atoms with Crippen molar-refractivity contribution in [3.63, 3.8) is 0 Å². The quantitative estimate of drug-likeness (QED) is 0.0941. The Morgan fingerprint density at radius 1 is 0.261 bits per heavy atom. The van der Waals surface area contributed by atoms with Crippen molar-refractivity contribution in [2.75, 3.05) is 0 Å². The number of nitrogens with zero attached hydrogens (tertiary/aromatic N) is 4. The number of carbonyl (C=O) groups is 8. The van der Waals surface area contributed by atoms with Crippen molar-refractivity contribution in [3.05, 3.63) is 61.3 Å². The summed E-state index contributed by atoms with van der Waals surface area (Å²) in [6, 6.07) is 0. The van der Waals surface area contributed by atoms with Crippen LogP contribution in [0.2, 0.25) is 0 Å². The molecule has 250 valence electrons. The van der Waals surface area contributed by atoms with E-state index in [4.69, 9.17) is 140 Å². The van der Waals surface area contributed by atoms with Gasteiger partial charge in [-0.1, -0.05) is 0 Å². The number of carboxylic acid groups (broad SMARTS) is 8. The number of carboxylic acids is 8. The van der Waals surface area contributed by atoms with Crippen LogP contribution in [0, 0.1) is 61.3 Å². The smallest absolute Gasteiger partial charge is 0.543 e. The van der Waals surface area contributed by atoms with Crippen molar-refractivity contribution < 1.29 is 209 Å². The topological polar surface area (TPSA) is 586 Å². The molecule has 38 heteroatoms. The minimum absolute atomic E-state index is 0. The van der Waals surface area contributed by atoms with E-state index in [1.54, 1.807) is 0 Å². The van der Waals surface area contributed by atoms with Crippen molar-refractivity contribution in [3.8, 4) is 0 Å². The molecule has 0 atom stereocenters. The molecule has 0 aromatic carbocycles. The second-order valence-electron chi connectivity index (χ2n) is 3.19. The average molecular weight is 964 g/mol. The van der Waals surface area contributed by atoms with Crippen LogP contribution in [0.15, 0.2) is 0 Å². The van der Waals surface area contributed by atoms with E-state index in [2.05, 4.69) is 0 Å². The van der Waals surface area contributed by atoms with E-state index in [-0.39, 0.29) is 110 Å². The Morgan fingerprint density at radius 3 is 0.283 bits per heavy atom. The van der Waals surface area contributed by atoms with Crippen LogP contribution in [0.4, 0.5) is 0 Å². The van der Waals surface area contributed by atoms with E-state index in [0.29, 0.717) is 0 Å². The molecule has 0 bridgehead atoms. The summed E-state index contributed by atoms with van der Waals surface area (Å²) in [6.07, 6.45) is 0. The summed E-state index contributed by atoms with van der Waals surface area (Å²) in [5.41, 5.74) is 0. The Morgan fingerprint density at radius 2 is 0.283 bits per heavy atom. The van der Waals surface area contributed by atoms with Gasteiger partial charge in [0, 0.05) is 0 Å². The Bertz CT molecular complexity index is 710. The molecule has 0 aromatic heterocycles. The first-order valence-corrected chi connectivity index (χ1v) is 6.46. The monoisotopic (exact) mass is 959 g/mol. The molecule has 0 aliphatic heterocycles. The molecule has 0 radical (unpaired) electrons. The molecule has 0 heterocycles.